The Hall–Kier alpha value is -1.59. The summed E-state index contributed by atoms with van der Waals surface area (Å²) in [4.78, 5) is 11.4. The van der Waals surface area contributed by atoms with Gasteiger partial charge in [0.2, 0.25) is 0 Å². The van der Waals surface area contributed by atoms with E-state index in [1.54, 1.807) is 30.3 Å². The number of rotatable bonds is 5. The van der Waals surface area contributed by atoms with Crippen molar-refractivity contribution in [3.8, 4) is 0 Å². The van der Waals surface area contributed by atoms with Crippen LogP contribution in [0.25, 0.3) is 0 Å². The molecular weight excluding hydrogens is 286 g/mol. The molecule has 0 bridgehead atoms. The molecule has 0 aliphatic rings. The molecule has 2 nitrogen and oxygen atoms in total. The average Bonchev–Trinajstić information content (AvgIpc) is 2.37. The molecule has 21 heavy (non-hydrogen) atoms. The summed E-state index contributed by atoms with van der Waals surface area (Å²) in [7, 11) is 0. The van der Waals surface area contributed by atoms with E-state index in [9.17, 15) is 22.4 Å². The molecule has 0 aromatic heterocycles. The topological polar surface area (TPSA) is 29.1 Å². The Morgan fingerprint density at radius 3 is 2.10 bits per heavy atom. The highest BCUT2D eigenvalue weighted by atomic mass is 19.3. The lowest BCUT2D eigenvalue weighted by Crippen LogP contribution is -2.47. The van der Waals surface area contributed by atoms with Gasteiger partial charge in [0.05, 0.1) is 6.04 Å². The Labute approximate surface area is 121 Å². The van der Waals surface area contributed by atoms with Gasteiger partial charge in [0.25, 0.3) is 5.91 Å². The normalized spacial score (nSPS) is 14.1. The van der Waals surface area contributed by atoms with Crippen LogP contribution in [-0.4, -0.2) is 18.3 Å². The van der Waals surface area contributed by atoms with Crippen molar-refractivity contribution in [1.82, 2.24) is 5.32 Å². The molecule has 118 valence electrons. The van der Waals surface area contributed by atoms with Gasteiger partial charge in [-0.25, -0.2) is 8.78 Å². The monoisotopic (exact) mass is 305 g/mol. The Morgan fingerprint density at radius 2 is 1.67 bits per heavy atom. The molecular formula is C15H19F4NO. The van der Waals surface area contributed by atoms with Crippen molar-refractivity contribution in [3.05, 3.63) is 35.9 Å². The fraction of sp³-hybridized carbons (Fsp3) is 0.533. The smallest absolute Gasteiger partial charge is 0.344 e. The van der Waals surface area contributed by atoms with Crippen LogP contribution in [0.15, 0.2) is 30.3 Å². The first-order valence-corrected chi connectivity index (χ1v) is 6.56. The SMILES string of the molecule is CC(C)(C)CC(NC(=O)C(F)(F)C(F)F)c1ccccc1. The van der Waals surface area contributed by atoms with Crippen molar-refractivity contribution in [2.24, 2.45) is 5.41 Å². The largest absolute Gasteiger partial charge is 0.383 e. The number of amides is 1. The minimum atomic E-state index is -4.69. The van der Waals surface area contributed by atoms with Gasteiger partial charge in [0, 0.05) is 0 Å². The average molecular weight is 305 g/mol. The maximum absolute atomic E-state index is 13.1. The summed E-state index contributed by atoms with van der Waals surface area (Å²) in [6, 6.07) is 7.72. The van der Waals surface area contributed by atoms with Crippen molar-refractivity contribution in [3.63, 3.8) is 0 Å². The first kappa shape index (κ1) is 17.5. The summed E-state index contributed by atoms with van der Waals surface area (Å²) in [5, 5.41) is 2.04. The highest BCUT2D eigenvalue weighted by Crippen LogP contribution is 2.31. The molecule has 0 fully saturated rings. The molecule has 0 saturated heterocycles. The first-order chi connectivity index (χ1) is 9.54. The van der Waals surface area contributed by atoms with E-state index in [2.05, 4.69) is 0 Å². The zero-order valence-electron chi connectivity index (χ0n) is 12.2. The summed E-state index contributed by atoms with van der Waals surface area (Å²) in [6.45, 7) is 5.63. The fourth-order valence-corrected chi connectivity index (χ4v) is 1.90. The molecule has 1 aromatic rings. The van der Waals surface area contributed by atoms with Crippen LogP contribution in [0.3, 0.4) is 0 Å². The predicted molar refractivity (Wildman–Crippen MR) is 72.3 cm³/mol. The van der Waals surface area contributed by atoms with Crippen molar-refractivity contribution >= 4 is 5.91 Å². The van der Waals surface area contributed by atoms with E-state index in [-0.39, 0.29) is 5.41 Å². The number of alkyl halides is 4. The second-order valence-electron chi connectivity index (χ2n) is 6.13. The summed E-state index contributed by atoms with van der Waals surface area (Å²) in [6.07, 6.45) is -3.68. The van der Waals surface area contributed by atoms with Crippen molar-refractivity contribution in [2.75, 3.05) is 0 Å². The fourth-order valence-electron chi connectivity index (χ4n) is 1.90. The standard InChI is InChI=1S/C15H19F4NO/c1-14(2,3)9-11(10-7-5-4-6-8-10)20-13(21)15(18,19)12(16)17/h4-8,11-12H,9H2,1-3H3,(H,20,21). The van der Waals surface area contributed by atoms with Crippen LogP contribution in [-0.2, 0) is 4.79 Å². The number of carbonyl (C=O) groups excluding carboxylic acids is 1. The van der Waals surface area contributed by atoms with Crippen molar-refractivity contribution in [2.45, 2.75) is 45.6 Å². The molecule has 1 N–H and O–H groups in total. The number of benzene rings is 1. The van der Waals surface area contributed by atoms with Crippen LogP contribution in [0.5, 0.6) is 0 Å². The van der Waals surface area contributed by atoms with Gasteiger partial charge >= 0.3 is 12.3 Å². The molecule has 0 aliphatic heterocycles. The van der Waals surface area contributed by atoms with Crippen LogP contribution in [0.4, 0.5) is 17.6 Å². The van der Waals surface area contributed by atoms with Gasteiger partial charge in [0.15, 0.2) is 0 Å². The highest BCUT2D eigenvalue weighted by Gasteiger charge is 2.49. The number of hydrogen-bond donors (Lipinski definition) is 1. The molecule has 6 heteroatoms. The second kappa shape index (κ2) is 6.45. The van der Waals surface area contributed by atoms with Gasteiger partial charge in [-0.2, -0.15) is 8.78 Å². The van der Waals surface area contributed by atoms with E-state index in [1.165, 1.54) is 0 Å². The van der Waals surface area contributed by atoms with Gasteiger partial charge in [-0.1, -0.05) is 51.1 Å². The number of hydrogen-bond acceptors (Lipinski definition) is 1. The van der Waals surface area contributed by atoms with E-state index in [0.717, 1.165) is 0 Å². The van der Waals surface area contributed by atoms with Gasteiger partial charge in [0.1, 0.15) is 0 Å². The van der Waals surface area contributed by atoms with E-state index in [4.69, 9.17) is 0 Å². The first-order valence-electron chi connectivity index (χ1n) is 6.56. The summed E-state index contributed by atoms with van der Waals surface area (Å²) in [5.41, 5.74) is 0.333. The Bertz CT molecular complexity index is 468. The van der Waals surface area contributed by atoms with Crippen LogP contribution in [0.1, 0.15) is 38.8 Å². The molecule has 1 unspecified atom stereocenters. The number of halogens is 4. The van der Waals surface area contributed by atoms with Crippen LogP contribution in [0.2, 0.25) is 0 Å². The minimum Gasteiger partial charge on any atom is -0.344 e. The Morgan fingerprint density at radius 1 is 1.14 bits per heavy atom. The van der Waals surface area contributed by atoms with Gasteiger partial charge in [-0.15, -0.1) is 0 Å². The van der Waals surface area contributed by atoms with E-state index >= 15 is 0 Å². The van der Waals surface area contributed by atoms with E-state index < -0.39 is 24.3 Å². The molecule has 1 amide bonds. The van der Waals surface area contributed by atoms with Crippen LogP contribution < -0.4 is 5.32 Å². The minimum absolute atomic E-state index is 0.270. The second-order valence-corrected chi connectivity index (χ2v) is 6.13. The molecule has 0 radical (unpaired) electrons. The lowest BCUT2D eigenvalue weighted by molar-refractivity contribution is -0.170. The highest BCUT2D eigenvalue weighted by molar-refractivity contribution is 5.84. The summed E-state index contributed by atoms with van der Waals surface area (Å²) in [5.74, 6) is -6.64. The molecule has 0 saturated carbocycles. The number of carbonyl (C=O) groups is 1. The molecule has 1 rings (SSSR count). The molecule has 1 atom stereocenters. The van der Waals surface area contributed by atoms with E-state index in [0.29, 0.717) is 12.0 Å². The van der Waals surface area contributed by atoms with Crippen LogP contribution >= 0.6 is 0 Å². The molecule has 1 aromatic carbocycles. The lowest BCUT2D eigenvalue weighted by Gasteiger charge is -2.28. The van der Waals surface area contributed by atoms with Gasteiger partial charge < -0.3 is 5.32 Å². The maximum atomic E-state index is 13.1. The number of nitrogens with one attached hydrogen (secondary N) is 1. The third-order valence-corrected chi connectivity index (χ3v) is 2.90. The Kier molecular flexibility index (Phi) is 5.36. The summed E-state index contributed by atoms with van der Waals surface area (Å²) < 4.78 is 50.7. The van der Waals surface area contributed by atoms with Gasteiger partial charge in [-0.05, 0) is 17.4 Å². The van der Waals surface area contributed by atoms with Gasteiger partial charge in [-0.3, -0.25) is 4.79 Å². The summed E-state index contributed by atoms with van der Waals surface area (Å²) >= 11 is 0. The lowest BCUT2D eigenvalue weighted by atomic mass is 9.85. The third kappa shape index (κ3) is 5.02. The van der Waals surface area contributed by atoms with Crippen molar-refractivity contribution in [1.29, 1.82) is 0 Å². The van der Waals surface area contributed by atoms with E-state index in [1.807, 2.05) is 26.1 Å². The molecule has 0 spiro atoms. The maximum Gasteiger partial charge on any atom is 0.383 e. The molecule has 0 heterocycles. The zero-order chi connectivity index (χ0) is 16.3. The van der Waals surface area contributed by atoms with Crippen LogP contribution in [0, 0.1) is 5.41 Å². The predicted octanol–water partition coefficient (Wildman–Crippen LogP) is 4.18. The Balaban J connectivity index is 2.96. The van der Waals surface area contributed by atoms with Crippen molar-refractivity contribution < 1.29 is 22.4 Å². The molecule has 0 aliphatic carbocycles. The zero-order valence-corrected chi connectivity index (χ0v) is 12.2. The third-order valence-electron chi connectivity index (χ3n) is 2.90. The quantitative estimate of drug-likeness (QED) is 0.812.